The third-order valence-corrected chi connectivity index (χ3v) is 1.58. The Morgan fingerprint density at radius 3 is 2.91 bits per heavy atom. The van der Waals surface area contributed by atoms with Gasteiger partial charge in [-0.2, -0.15) is 0 Å². The van der Waals surface area contributed by atoms with E-state index >= 15 is 0 Å². The molecule has 1 aromatic rings. The van der Waals surface area contributed by atoms with Crippen molar-refractivity contribution < 1.29 is 4.79 Å². The molecule has 1 nitrogen and oxygen atoms in total. The molecule has 1 aromatic carbocycles. The summed E-state index contributed by atoms with van der Waals surface area (Å²) >= 11 is 0. The maximum atomic E-state index is 10.2. The zero-order valence-corrected chi connectivity index (χ0v) is 6.63. The molecule has 0 spiro atoms. The van der Waals surface area contributed by atoms with Gasteiger partial charge in [0, 0.05) is 5.56 Å². The van der Waals surface area contributed by atoms with Gasteiger partial charge in [0.25, 0.3) is 0 Å². The zero-order valence-electron chi connectivity index (χ0n) is 6.63. The van der Waals surface area contributed by atoms with Crippen LogP contribution in [0.1, 0.15) is 24.5 Å². The predicted molar refractivity (Wildman–Crippen MR) is 45.2 cm³/mol. The normalized spacial score (nSPS) is 9.55. The first-order chi connectivity index (χ1) is 5.36. The van der Waals surface area contributed by atoms with Gasteiger partial charge in [0.1, 0.15) is 0 Å². The second-order valence-electron chi connectivity index (χ2n) is 2.55. The maximum absolute atomic E-state index is 10.2. The molecule has 11 heavy (non-hydrogen) atoms. The molecule has 0 aromatic heterocycles. The first-order valence-corrected chi connectivity index (χ1v) is 3.84. The van der Waals surface area contributed by atoms with Crippen molar-refractivity contribution in [1.29, 1.82) is 0 Å². The number of carbonyl (C=O) groups excluding carboxylic acids is 1. The van der Waals surface area contributed by atoms with Gasteiger partial charge in [0.05, 0.1) is 0 Å². The Labute approximate surface area is 67.1 Å². The standard InChI is InChI=1S/C10H11O/c1-2-4-9-5-3-6-10(7-9)8-11/h3,5-7H,2,4H2,1H3. The largest absolute Gasteiger partial charge is 0.285 e. The number of rotatable bonds is 3. The van der Waals surface area contributed by atoms with E-state index in [1.807, 2.05) is 24.5 Å². The lowest BCUT2D eigenvalue weighted by Gasteiger charge is -1.97. The molecular weight excluding hydrogens is 136 g/mol. The van der Waals surface area contributed by atoms with Gasteiger partial charge in [-0.3, -0.25) is 4.79 Å². The van der Waals surface area contributed by atoms with Crippen LogP contribution in [0.15, 0.2) is 24.3 Å². The van der Waals surface area contributed by atoms with Gasteiger partial charge in [-0.15, -0.1) is 0 Å². The molecule has 0 unspecified atom stereocenters. The van der Waals surface area contributed by atoms with E-state index in [9.17, 15) is 4.79 Å². The number of hydrogen-bond acceptors (Lipinski definition) is 1. The molecule has 0 saturated heterocycles. The molecular formula is C10H11O. The van der Waals surface area contributed by atoms with Crippen molar-refractivity contribution >= 4 is 6.29 Å². The van der Waals surface area contributed by atoms with Crippen LogP contribution in [0, 0.1) is 0 Å². The third-order valence-electron chi connectivity index (χ3n) is 1.58. The molecule has 0 aliphatic carbocycles. The van der Waals surface area contributed by atoms with Gasteiger partial charge >= 0.3 is 0 Å². The van der Waals surface area contributed by atoms with Crippen molar-refractivity contribution in [3.05, 3.63) is 35.4 Å². The lowest BCUT2D eigenvalue weighted by atomic mass is 10.1. The van der Waals surface area contributed by atoms with Crippen LogP contribution < -0.4 is 0 Å². The summed E-state index contributed by atoms with van der Waals surface area (Å²) in [5.74, 6) is 0. The van der Waals surface area contributed by atoms with Gasteiger partial charge < -0.3 is 0 Å². The molecule has 0 amide bonds. The highest BCUT2D eigenvalue weighted by Gasteiger charge is 1.93. The Bertz CT molecular complexity index is 240. The fourth-order valence-electron chi connectivity index (χ4n) is 1.08. The Kier molecular flexibility index (Phi) is 2.84. The molecule has 0 saturated carbocycles. The van der Waals surface area contributed by atoms with E-state index in [2.05, 4.69) is 6.92 Å². The molecule has 0 aliphatic heterocycles. The van der Waals surface area contributed by atoms with Crippen molar-refractivity contribution in [3.8, 4) is 0 Å². The highest BCUT2D eigenvalue weighted by Crippen LogP contribution is 2.05. The average Bonchev–Trinajstić information content (AvgIpc) is 2.06. The molecule has 0 bridgehead atoms. The van der Waals surface area contributed by atoms with Crippen molar-refractivity contribution in [2.24, 2.45) is 0 Å². The fourth-order valence-corrected chi connectivity index (χ4v) is 1.08. The molecule has 57 valence electrons. The average molecular weight is 147 g/mol. The molecule has 1 heteroatoms. The van der Waals surface area contributed by atoms with Gasteiger partial charge in [0.15, 0.2) is 0 Å². The lowest BCUT2D eigenvalue weighted by molar-refractivity contribution is 0.562. The molecule has 0 heterocycles. The fraction of sp³-hybridized carbons (Fsp3) is 0.300. The van der Waals surface area contributed by atoms with Crippen LogP contribution in [0.5, 0.6) is 0 Å². The molecule has 1 radical (unpaired) electrons. The van der Waals surface area contributed by atoms with Gasteiger partial charge in [-0.1, -0.05) is 31.5 Å². The van der Waals surface area contributed by atoms with Crippen molar-refractivity contribution in [1.82, 2.24) is 0 Å². The summed E-state index contributed by atoms with van der Waals surface area (Å²) in [6.07, 6.45) is 4.03. The van der Waals surface area contributed by atoms with E-state index < -0.39 is 0 Å². The molecule has 1 rings (SSSR count). The molecule has 0 N–H and O–H groups in total. The summed E-state index contributed by atoms with van der Waals surface area (Å²) in [4.78, 5) is 10.2. The summed E-state index contributed by atoms with van der Waals surface area (Å²) in [5, 5.41) is 0. The minimum absolute atomic E-state index is 0.649. The lowest BCUT2D eigenvalue weighted by Crippen LogP contribution is -1.85. The van der Waals surface area contributed by atoms with Crippen LogP contribution in [0.2, 0.25) is 0 Å². The van der Waals surface area contributed by atoms with Crippen LogP contribution >= 0.6 is 0 Å². The summed E-state index contributed by atoms with van der Waals surface area (Å²) < 4.78 is 0. The van der Waals surface area contributed by atoms with Crippen LogP contribution in [-0.2, 0) is 11.2 Å². The minimum atomic E-state index is 0.649. The van der Waals surface area contributed by atoms with E-state index in [-0.39, 0.29) is 0 Å². The molecule has 0 aliphatic rings. The molecule has 0 fully saturated rings. The number of benzene rings is 1. The first-order valence-electron chi connectivity index (χ1n) is 3.84. The van der Waals surface area contributed by atoms with Crippen molar-refractivity contribution in [2.75, 3.05) is 0 Å². The number of hydrogen-bond donors (Lipinski definition) is 0. The van der Waals surface area contributed by atoms with E-state index in [4.69, 9.17) is 0 Å². The Morgan fingerprint density at radius 1 is 1.45 bits per heavy atom. The van der Waals surface area contributed by atoms with Gasteiger partial charge in [-0.25, -0.2) is 0 Å². The van der Waals surface area contributed by atoms with Crippen LogP contribution in [0.25, 0.3) is 0 Å². The second kappa shape index (κ2) is 3.91. The first kappa shape index (κ1) is 7.99. The minimum Gasteiger partial charge on any atom is -0.285 e. The maximum Gasteiger partial charge on any atom is 0.233 e. The number of aryl methyl sites for hydroxylation is 1. The Hall–Kier alpha value is -1.11. The molecule has 0 atom stereocenters. The Balaban J connectivity index is 2.82. The predicted octanol–water partition coefficient (Wildman–Crippen LogP) is 2.10. The zero-order chi connectivity index (χ0) is 8.10. The topological polar surface area (TPSA) is 17.1 Å². The van der Waals surface area contributed by atoms with Gasteiger partial charge in [0.2, 0.25) is 6.29 Å². The van der Waals surface area contributed by atoms with Crippen LogP contribution in [0.4, 0.5) is 0 Å². The van der Waals surface area contributed by atoms with Crippen molar-refractivity contribution in [3.63, 3.8) is 0 Å². The quantitative estimate of drug-likeness (QED) is 0.639. The van der Waals surface area contributed by atoms with Crippen LogP contribution in [0.3, 0.4) is 0 Å². The third kappa shape index (κ3) is 2.19. The van der Waals surface area contributed by atoms with E-state index in [0.717, 1.165) is 12.8 Å². The smallest absolute Gasteiger partial charge is 0.233 e. The van der Waals surface area contributed by atoms with E-state index in [1.165, 1.54) is 5.56 Å². The summed E-state index contributed by atoms with van der Waals surface area (Å²) in [7, 11) is 0. The van der Waals surface area contributed by atoms with E-state index in [1.54, 1.807) is 6.07 Å². The second-order valence-corrected chi connectivity index (χ2v) is 2.55. The van der Waals surface area contributed by atoms with Gasteiger partial charge in [-0.05, 0) is 18.1 Å². The van der Waals surface area contributed by atoms with Crippen molar-refractivity contribution in [2.45, 2.75) is 19.8 Å². The van der Waals surface area contributed by atoms with E-state index in [0.29, 0.717) is 5.56 Å². The summed E-state index contributed by atoms with van der Waals surface area (Å²) in [6, 6.07) is 7.58. The highest BCUT2D eigenvalue weighted by molar-refractivity contribution is 5.75. The summed E-state index contributed by atoms with van der Waals surface area (Å²) in [6.45, 7) is 2.12. The summed E-state index contributed by atoms with van der Waals surface area (Å²) in [5.41, 5.74) is 1.87. The van der Waals surface area contributed by atoms with Crippen LogP contribution in [-0.4, -0.2) is 6.29 Å². The Morgan fingerprint density at radius 2 is 2.27 bits per heavy atom. The SMILES string of the molecule is CCCc1cccc([C]=O)c1. The highest BCUT2D eigenvalue weighted by atomic mass is 16.1. The monoisotopic (exact) mass is 147 g/mol.